The fourth-order valence-electron chi connectivity index (χ4n) is 1.45. The van der Waals surface area contributed by atoms with Crippen molar-refractivity contribution >= 4 is 29.2 Å². The summed E-state index contributed by atoms with van der Waals surface area (Å²) < 4.78 is 1.65. The monoisotopic (exact) mass is 277 g/mol. The largest absolute Gasteiger partial charge is 0.370 e. The van der Waals surface area contributed by atoms with Gasteiger partial charge in [-0.25, -0.2) is 9.67 Å². The second kappa shape index (κ2) is 5.40. The highest BCUT2D eigenvalue weighted by molar-refractivity contribution is 6.32. The van der Waals surface area contributed by atoms with Crippen molar-refractivity contribution in [2.45, 2.75) is 0 Å². The first-order chi connectivity index (χ1) is 9.06. The highest BCUT2D eigenvalue weighted by Gasteiger charge is 2.04. The fourth-order valence-corrected chi connectivity index (χ4v) is 1.71. The molecule has 2 rings (SSSR count). The zero-order valence-corrected chi connectivity index (χ0v) is 10.6. The molecule has 0 spiro atoms. The van der Waals surface area contributed by atoms with Crippen LogP contribution in [0.2, 0.25) is 5.02 Å². The van der Waals surface area contributed by atoms with Crippen LogP contribution in [0, 0.1) is 0 Å². The summed E-state index contributed by atoms with van der Waals surface area (Å²) in [5, 5.41) is 4.58. The normalized spacial score (nSPS) is 11.3. The Labute approximate surface area is 114 Å². The molecule has 98 valence electrons. The Bertz CT molecular complexity index is 626. The van der Waals surface area contributed by atoms with Crippen molar-refractivity contribution in [2.75, 3.05) is 0 Å². The fraction of sp³-hybridized carbons (Fsp3) is 0. The van der Waals surface area contributed by atoms with E-state index in [0.29, 0.717) is 10.7 Å². The van der Waals surface area contributed by atoms with Crippen LogP contribution in [0.1, 0.15) is 0 Å². The van der Waals surface area contributed by atoms with Gasteiger partial charge in [-0.3, -0.25) is 0 Å². The first-order valence-electron chi connectivity index (χ1n) is 5.29. The van der Waals surface area contributed by atoms with Gasteiger partial charge in [0.25, 0.3) is 0 Å². The maximum atomic E-state index is 6.15. The number of nitrogens with two attached hydrogens (primary N) is 3. The molecule has 0 unspecified atom stereocenters. The Kier molecular flexibility index (Phi) is 3.67. The van der Waals surface area contributed by atoms with Gasteiger partial charge in [0.1, 0.15) is 0 Å². The first kappa shape index (κ1) is 12.9. The van der Waals surface area contributed by atoms with E-state index >= 15 is 0 Å². The Morgan fingerprint density at radius 1 is 1.26 bits per heavy atom. The molecule has 6 N–H and O–H groups in total. The van der Waals surface area contributed by atoms with Crippen LogP contribution in [0.25, 0.3) is 5.69 Å². The first-order valence-corrected chi connectivity index (χ1v) is 5.67. The second-order valence-corrected chi connectivity index (χ2v) is 4.00. The maximum absolute atomic E-state index is 6.15. The number of rotatable bonds is 2. The summed E-state index contributed by atoms with van der Waals surface area (Å²) in [6.07, 6.45) is 3.46. The number of hydrogen-bond acceptors (Lipinski definition) is 2. The van der Waals surface area contributed by atoms with Crippen molar-refractivity contribution in [2.24, 2.45) is 27.2 Å². The van der Waals surface area contributed by atoms with Gasteiger partial charge in [-0.2, -0.15) is 10.1 Å². The molecule has 0 amide bonds. The molecule has 0 bridgehead atoms. The van der Waals surface area contributed by atoms with Crippen molar-refractivity contribution in [1.82, 2.24) is 9.78 Å². The van der Waals surface area contributed by atoms with Crippen LogP contribution in [0.4, 0.5) is 5.69 Å². The van der Waals surface area contributed by atoms with E-state index in [9.17, 15) is 0 Å². The maximum Gasteiger partial charge on any atom is 0.223 e. The molecule has 0 atom stereocenters. The molecule has 0 aliphatic rings. The van der Waals surface area contributed by atoms with Gasteiger partial charge in [0.05, 0.1) is 16.4 Å². The molecule has 0 saturated heterocycles. The van der Waals surface area contributed by atoms with Crippen molar-refractivity contribution in [3.8, 4) is 5.69 Å². The Balaban J connectivity index is 2.32. The average Bonchev–Trinajstić information content (AvgIpc) is 2.81. The topological polar surface area (TPSA) is 121 Å². The summed E-state index contributed by atoms with van der Waals surface area (Å²) in [4.78, 5) is 7.63. The van der Waals surface area contributed by atoms with Gasteiger partial charge in [0.2, 0.25) is 5.96 Å². The number of nitrogens with zero attached hydrogens (tertiary/aromatic N) is 4. The third-order valence-corrected chi connectivity index (χ3v) is 2.47. The van der Waals surface area contributed by atoms with Crippen molar-refractivity contribution < 1.29 is 0 Å². The van der Waals surface area contributed by atoms with E-state index in [-0.39, 0.29) is 11.9 Å². The number of guanidine groups is 2. The highest BCUT2D eigenvalue weighted by atomic mass is 35.5. The molecule has 0 aliphatic carbocycles. The third-order valence-electron chi connectivity index (χ3n) is 2.17. The Morgan fingerprint density at radius 3 is 2.63 bits per heavy atom. The zero-order valence-electron chi connectivity index (χ0n) is 9.86. The lowest BCUT2D eigenvalue weighted by atomic mass is 10.3. The lowest BCUT2D eigenvalue weighted by Gasteiger charge is -2.05. The average molecular weight is 278 g/mol. The summed E-state index contributed by atoms with van der Waals surface area (Å²) in [5.41, 5.74) is 17.2. The Morgan fingerprint density at radius 2 is 2.05 bits per heavy atom. The summed E-state index contributed by atoms with van der Waals surface area (Å²) in [6.45, 7) is 0. The van der Waals surface area contributed by atoms with Crippen molar-refractivity contribution in [3.63, 3.8) is 0 Å². The number of halogens is 1. The molecular weight excluding hydrogens is 266 g/mol. The Hall–Kier alpha value is -2.54. The molecule has 8 heteroatoms. The minimum absolute atomic E-state index is 0.0390. The van der Waals surface area contributed by atoms with Crippen molar-refractivity contribution in [1.29, 1.82) is 0 Å². The number of benzene rings is 1. The lowest BCUT2D eigenvalue weighted by Crippen LogP contribution is -2.26. The molecule has 1 aromatic heterocycles. The quantitative estimate of drug-likeness (QED) is 0.554. The number of aliphatic imine (C=N–C) groups is 2. The van der Waals surface area contributed by atoms with E-state index in [2.05, 4.69) is 15.1 Å². The van der Waals surface area contributed by atoms with Gasteiger partial charge in [0.15, 0.2) is 5.96 Å². The van der Waals surface area contributed by atoms with Crippen LogP contribution in [0.15, 0.2) is 46.6 Å². The van der Waals surface area contributed by atoms with E-state index in [1.807, 2.05) is 0 Å². The van der Waals surface area contributed by atoms with Crippen LogP contribution in [-0.4, -0.2) is 21.7 Å². The van der Waals surface area contributed by atoms with Gasteiger partial charge in [-0.05, 0) is 24.3 Å². The molecule has 0 saturated carbocycles. The van der Waals surface area contributed by atoms with Gasteiger partial charge in [-0.1, -0.05) is 11.6 Å². The molecule has 1 heterocycles. The van der Waals surface area contributed by atoms with Gasteiger partial charge >= 0.3 is 0 Å². The summed E-state index contributed by atoms with van der Waals surface area (Å²) in [6, 6.07) is 6.96. The van der Waals surface area contributed by atoms with Crippen molar-refractivity contribution in [3.05, 3.63) is 41.7 Å². The number of hydrogen-bond donors (Lipinski definition) is 3. The summed E-state index contributed by atoms with van der Waals surface area (Å²) in [5.74, 6) is -0.191. The highest BCUT2D eigenvalue weighted by Crippen LogP contribution is 2.25. The van der Waals surface area contributed by atoms with Crippen LogP contribution in [0.3, 0.4) is 0 Å². The molecule has 0 radical (unpaired) electrons. The van der Waals surface area contributed by atoms with E-state index in [4.69, 9.17) is 28.8 Å². The predicted molar refractivity (Wildman–Crippen MR) is 75.7 cm³/mol. The van der Waals surface area contributed by atoms with Crippen LogP contribution < -0.4 is 17.2 Å². The molecular formula is C11H12ClN7. The van der Waals surface area contributed by atoms with Gasteiger partial charge in [-0.15, -0.1) is 0 Å². The molecule has 0 aliphatic heterocycles. The zero-order chi connectivity index (χ0) is 13.8. The summed E-state index contributed by atoms with van der Waals surface area (Å²) in [7, 11) is 0. The van der Waals surface area contributed by atoms with Gasteiger partial charge < -0.3 is 17.2 Å². The molecule has 7 nitrogen and oxygen atoms in total. The van der Waals surface area contributed by atoms with E-state index in [0.717, 1.165) is 5.69 Å². The van der Waals surface area contributed by atoms with Gasteiger partial charge in [0, 0.05) is 12.4 Å². The SMILES string of the molecule is NC(N)=NC(N)=Nc1ccc(-n2cccn2)c(Cl)c1. The third kappa shape index (κ3) is 3.23. The standard InChI is InChI=1S/C11H12ClN7/c12-8-6-7(17-11(15)18-10(13)14)2-3-9(8)19-5-1-4-16-19/h1-6H,(H6,13,14,15,17,18). The smallest absolute Gasteiger partial charge is 0.223 e. The minimum Gasteiger partial charge on any atom is -0.370 e. The van der Waals surface area contributed by atoms with E-state index < -0.39 is 0 Å². The minimum atomic E-state index is -0.152. The lowest BCUT2D eigenvalue weighted by molar-refractivity contribution is 0.881. The molecule has 19 heavy (non-hydrogen) atoms. The van der Waals surface area contributed by atoms with Crippen LogP contribution in [0.5, 0.6) is 0 Å². The molecule has 1 aromatic carbocycles. The predicted octanol–water partition coefficient (Wildman–Crippen LogP) is 0.745. The number of aromatic nitrogens is 2. The molecule has 0 fully saturated rings. The summed E-state index contributed by atoms with van der Waals surface area (Å²) >= 11 is 6.15. The van der Waals surface area contributed by atoms with Crippen LogP contribution in [-0.2, 0) is 0 Å². The van der Waals surface area contributed by atoms with E-state index in [1.54, 1.807) is 41.3 Å². The molecule has 2 aromatic rings. The van der Waals surface area contributed by atoms with Crippen LogP contribution >= 0.6 is 11.6 Å². The van der Waals surface area contributed by atoms with E-state index in [1.165, 1.54) is 0 Å². The second-order valence-electron chi connectivity index (χ2n) is 3.59.